The Morgan fingerprint density at radius 2 is 1.85 bits per heavy atom. The fourth-order valence-electron chi connectivity index (χ4n) is 2.30. The molecule has 0 aliphatic rings. The first-order chi connectivity index (χ1) is 9.15. The molecule has 1 aromatic carbocycles. The second-order valence-corrected chi connectivity index (χ2v) is 4.84. The van der Waals surface area contributed by atoms with Crippen molar-refractivity contribution in [1.82, 2.24) is 5.32 Å². The summed E-state index contributed by atoms with van der Waals surface area (Å²) in [6.07, 6.45) is 1.32. The minimum atomic E-state index is -0.0926. The zero-order chi connectivity index (χ0) is 14.1. The molecule has 1 amide bonds. The highest BCUT2D eigenvalue weighted by Gasteiger charge is 2.23. The third-order valence-electron chi connectivity index (χ3n) is 3.77. The van der Waals surface area contributed by atoms with E-state index in [0.717, 1.165) is 30.7 Å². The highest BCUT2D eigenvalue weighted by Crippen LogP contribution is 2.13. The highest BCUT2D eigenvalue weighted by atomic mass is 35.5. The third kappa shape index (κ3) is 5.76. The smallest absolute Gasteiger partial charge is 0.243 e. The molecule has 4 heteroatoms. The molecule has 0 saturated heterocycles. The molecule has 0 bridgehead atoms. The Bertz CT molecular complexity index is 402. The van der Waals surface area contributed by atoms with Gasteiger partial charge in [0, 0.05) is 5.56 Å². The topological polar surface area (TPSA) is 29.1 Å². The third-order valence-corrected chi connectivity index (χ3v) is 3.77. The average molecular weight is 297 g/mol. The Labute approximate surface area is 128 Å². The number of hydrogen-bond donors (Lipinski definition) is 1. The lowest BCUT2D eigenvalue weighted by Gasteiger charge is -2.37. The van der Waals surface area contributed by atoms with E-state index in [1.54, 1.807) is 0 Å². The van der Waals surface area contributed by atoms with E-state index in [4.69, 9.17) is 0 Å². The molecule has 0 aliphatic heterocycles. The van der Waals surface area contributed by atoms with Crippen LogP contribution in [-0.4, -0.2) is 36.6 Å². The van der Waals surface area contributed by atoms with E-state index in [9.17, 15) is 4.79 Å². The SMILES string of the molecule is C=CC(=O)NCC[N+](CC)(CC)Cc1ccccc1.[Cl-]. The van der Waals surface area contributed by atoms with E-state index >= 15 is 0 Å². The maximum Gasteiger partial charge on any atom is 0.243 e. The number of carbonyl (C=O) groups is 1. The number of hydrogen-bond acceptors (Lipinski definition) is 1. The van der Waals surface area contributed by atoms with Crippen LogP contribution in [0.3, 0.4) is 0 Å². The molecule has 0 fully saturated rings. The van der Waals surface area contributed by atoms with Gasteiger partial charge in [-0.2, -0.15) is 0 Å². The molecule has 20 heavy (non-hydrogen) atoms. The molecule has 0 unspecified atom stereocenters. The minimum Gasteiger partial charge on any atom is -1.00 e. The first-order valence-corrected chi connectivity index (χ1v) is 6.95. The van der Waals surface area contributed by atoms with Gasteiger partial charge in [0.15, 0.2) is 0 Å². The van der Waals surface area contributed by atoms with E-state index in [2.05, 4.69) is 50.0 Å². The molecular formula is C16H25ClN2O. The number of quaternary nitrogens is 1. The Morgan fingerprint density at radius 3 is 2.35 bits per heavy atom. The van der Waals surface area contributed by atoms with Crippen molar-refractivity contribution in [2.45, 2.75) is 20.4 Å². The second kappa shape index (κ2) is 9.56. The number of likely N-dealkylation sites (N-methyl/N-ethyl adjacent to an activating group) is 1. The Balaban J connectivity index is 0.00000361. The van der Waals surface area contributed by atoms with Crippen molar-refractivity contribution in [2.24, 2.45) is 0 Å². The molecule has 0 spiro atoms. The van der Waals surface area contributed by atoms with Crippen molar-refractivity contribution >= 4 is 5.91 Å². The first kappa shape index (κ1) is 18.7. The summed E-state index contributed by atoms with van der Waals surface area (Å²) in [5.74, 6) is -0.0926. The normalized spacial score (nSPS) is 10.5. The van der Waals surface area contributed by atoms with Crippen molar-refractivity contribution in [3.63, 3.8) is 0 Å². The maximum atomic E-state index is 11.2. The minimum absolute atomic E-state index is 0. The predicted octanol–water partition coefficient (Wildman–Crippen LogP) is -0.651. The molecule has 1 aromatic rings. The van der Waals surface area contributed by atoms with Crippen LogP contribution in [0, 0.1) is 0 Å². The van der Waals surface area contributed by atoms with Gasteiger partial charge in [0.25, 0.3) is 0 Å². The summed E-state index contributed by atoms with van der Waals surface area (Å²) in [5, 5.41) is 2.87. The fraction of sp³-hybridized carbons (Fsp3) is 0.438. The van der Waals surface area contributed by atoms with Crippen LogP contribution in [0.25, 0.3) is 0 Å². The lowest BCUT2D eigenvalue weighted by molar-refractivity contribution is -0.936. The van der Waals surface area contributed by atoms with Gasteiger partial charge < -0.3 is 22.2 Å². The first-order valence-electron chi connectivity index (χ1n) is 6.95. The van der Waals surface area contributed by atoms with Crippen molar-refractivity contribution in [3.8, 4) is 0 Å². The molecule has 1 rings (SSSR count). The van der Waals surface area contributed by atoms with Crippen LogP contribution in [0.4, 0.5) is 0 Å². The second-order valence-electron chi connectivity index (χ2n) is 4.84. The maximum absolute atomic E-state index is 11.2. The van der Waals surface area contributed by atoms with E-state index in [1.165, 1.54) is 11.6 Å². The Hall–Kier alpha value is -1.32. The number of nitrogens with zero attached hydrogens (tertiary/aromatic N) is 1. The molecule has 0 saturated carbocycles. The lowest BCUT2D eigenvalue weighted by Crippen LogP contribution is -3.00. The standard InChI is InChI=1S/C16H24N2O.ClH/c1-4-16(19)17-12-13-18(5-2,6-3)14-15-10-8-7-9-11-15;/h4,7-11H,1,5-6,12-14H2,2-3H3;1H. The fourth-order valence-corrected chi connectivity index (χ4v) is 2.30. The van der Waals surface area contributed by atoms with Crippen LogP contribution in [0.1, 0.15) is 19.4 Å². The summed E-state index contributed by atoms with van der Waals surface area (Å²) in [6.45, 7) is 12.7. The number of nitrogens with one attached hydrogen (secondary N) is 1. The number of rotatable bonds is 8. The van der Waals surface area contributed by atoms with Crippen LogP contribution in [0.2, 0.25) is 0 Å². The average Bonchev–Trinajstić information content (AvgIpc) is 2.47. The summed E-state index contributed by atoms with van der Waals surface area (Å²) < 4.78 is 0.988. The number of amides is 1. The molecule has 0 radical (unpaired) electrons. The van der Waals surface area contributed by atoms with Crippen molar-refractivity contribution < 1.29 is 21.7 Å². The zero-order valence-electron chi connectivity index (χ0n) is 12.4. The Morgan fingerprint density at radius 1 is 1.25 bits per heavy atom. The molecule has 0 heterocycles. The van der Waals surface area contributed by atoms with Crippen molar-refractivity contribution in [3.05, 3.63) is 48.6 Å². The van der Waals surface area contributed by atoms with Gasteiger partial charge >= 0.3 is 0 Å². The van der Waals surface area contributed by atoms with Gasteiger partial charge in [-0.05, 0) is 19.9 Å². The van der Waals surface area contributed by atoms with Crippen molar-refractivity contribution in [2.75, 3.05) is 26.2 Å². The number of carbonyl (C=O) groups excluding carboxylic acids is 1. The Kier molecular flexibility index (Phi) is 8.93. The summed E-state index contributed by atoms with van der Waals surface area (Å²) in [5.41, 5.74) is 1.35. The van der Waals surface area contributed by atoms with E-state index < -0.39 is 0 Å². The van der Waals surface area contributed by atoms with E-state index in [-0.39, 0.29) is 18.3 Å². The van der Waals surface area contributed by atoms with Crippen molar-refractivity contribution in [1.29, 1.82) is 0 Å². The number of benzene rings is 1. The van der Waals surface area contributed by atoms with Gasteiger partial charge in [-0.15, -0.1) is 0 Å². The quantitative estimate of drug-likeness (QED) is 0.501. The van der Waals surface area contributed by atoms with Crippen LogP contribution >= 0.6 is 0 Å². The van der Waals surface area contributed by atoms with Gasteiger partial charge in [-0.25, -0.2) is 0 Å². The van der Waals surface area contributed by atoms with Gasteiger partial charge in [0.1, 0.15) is 6.54 Å². The van der Waals surface area contributed by atoms with Gasteiger partial charge in [0.05, 0.1) is 26.2 Å². The van der Waals surface area contributed by atoms with Crippen LogP contribution in [-0.2, 0) is 11.3 Å². The molecular weight excluding hydrogens is 272 g/mol. The van der Waals surface area contributed by atoms with Crippen LogP contribution in [0.5, 0.6) is 0 Å². The molecule has 0 aromatic heterocycles. The van der Waals surface area contributed by atoms with Crippen LogP contribution < -0.4 is 17.7 Å². The molecule has 3 nitrogen and oxygen atoms in total. The molecule has 0 aliphatic carbocycles. The van der Waals surface area contributed by atoms with Crippen LogP contribution in [0.15, 0.2) is 43.0 Å². The molecule has 112 valence electrons. The molecule has 0 atom stereocenters. The van der Waals surface area contributed by atoms with E-state index in [0.29, 0.717) is 6.54 Å². The summed E-state index contributed by atoms with van der Waals surface area (Å²) in [6, 6.07) is 10.5. The van der Waals surface area contributed by atoms with E-state index in [1.807, 2.05) is 6.07 Å². The summed E-state index contributed by atoms with van der Waals surface area (Å²) in [4.78, 5) is 11.2. The monoisotopic (exact) mass is 296 g/mol. The predicted molar refractivity (Wildman–Crippen MR) is 79.6 cm³/mol. The highest BCUT2D eigenvalue weighted by molar-refractivity contribution is 5.86. The lowest BCUT2D eigenvalue weighted by atomic mass is 10.1. The van der Waals surface area contributed by atoms with Gasteiger partial charge in [-0.3, -0.25) is 4.79 Å². The summed E-state index contributed by atoms with van der Waals surface area (Å²) >= 11 is 0. The number of halogens is 1. The summed E-state index contributed by atoms with van der Waals surface area (Å²) in [7, 11) is 0. The largest absolute Gasteiger partial charge is 1.00 e. The van der Waals surface area contributed by atoms with Gasteiger partial charge in [-0.1, -0.05) is 36.9 Å². The van der Waals surface area contributed by atoms with Gasteiger partial charge in [0.2, 0.25) is 5.91 Å². The zero-order valence-corrected chi connectivity index (χ0v) is 13.2. The molecule has 1 N–H and O–H groups in total.